The number of ether oxygens (including phenoxy) is 2. The Kier molecular flexibility index (Phi) is 5.68. The van der Waals surface area contributed by atoms with Gasteiger partial charge in [-0.3, -0.25) is 0 Å². The molecule has 0 saturated carbocycles. The third-order valence-electron chi connectivity index (χ3n) is 3.20. The highest BCUT2D eigenvalue weighted by atomic mass is 32.1. The molecule has 4 nitrogen and oxygen atoms in total. The number of nitrogens with one attached hydrogen (secondary N) is 2. The van der Waals surface area contributed by atoms with E-state index in [4.69, 9.17) is 21.7 Å². The lowest BCUT2D eigenvalue weighted by molar-refractivity contribution is -0.137. The molecule has 0 atom stereocenters. The van der Waals surface area contributed by atoms with E-state index in [1.165, 1.54) is 14.2 Å². The Morgan fingerprint density at radius 1 is 0.960 bits per heavy atom. The Labute approximate surface area is 146 Å². The predicted octanol–water partition coefficient (Wildman–Crippen LogP) is 4.67. The third kappa shape index (κ3) is 4.72. The van der Waals surface area contributed by atoms with Gasteiger partial charge < -0.3 is 20.1 Å². The molecule has 0 bridgehead atoms. The number of anilines is 2. The maximum atomic E-state index is 13.8. The fraction of sp³-hybridized carbons (Fsp3) is 0.188. The Hall–Kier alpha value is -2.55. The van der Waals surface area contributed by atoms with Crippen LogP contribution in [0.25, 0.3) is 0 Å². The first-order valence-corrected chi connectivity index (χ1v) is 7.32. The molecule has 0 unspecified atom stereocenters. The summed E-state index contributed by atoms with van der Waals surface area (Å²) >= 11 is 5.03. The molecular weight excluding hydrogens is 360 g/mol. The molecule has 2 N–H and O–H groups in total. The molecule has 0 aliphatic rings. The van der Waals surface area contributed by atoms with Crippen molar-refractivity contribution in [3.05, 3.63) is 47.8 Å². The van der Waals surface area contributed by atoms with Crippen molar-refractivity contribution in [2.45, 2.75) is 6.18 Å². The minimum atomic E-state index is -4.59. The topological polar surface area (TPSA) is 42.5 Å². The van der Waals surface area contributed by atoms with Gasteiger partial charge in [-0.25, -0.2) is 4.39 Å². The average Bonchev–Trinajstić information content (AvgIpc) is 2.55. The number of rotatable bonds is 4. The van der Waals surface area contributed by atoms with Crippen molar-refractivity contribution in [1.82, 2.24) is 0 Å². The van der Waals surface area contributed by atoms with Crippen LogP contribution in [0.1, 0.15) is 5.56 Å². The van der Waals surface area contributed by atoms with Crippen LogP contribution in [-0.4, -0.2) is 19.3 Å². The summed E-state index contributed by atoms with van der Waals surface area (Å²) in [5.41, 5.74) is -0.973. The molecular formula is C16H14F4N2O2S. The predicted molar refractivity (Wildman–Crippen MR) is 90.8 cm³/mol. The van der Waals surface area contributed by atoms with Crippen molar-refractivity contribution in [3.63, 3.8) is 0 Å². The van der Waals surface area contributed by atoms with E-state index in [9.17, 15) is 17.6 Å². The van der Waals surface area contributed by atoms with E-state index in [0.29, 0.717) is 29.3 Å². The molecule has 0 radical (unpaired) electrons. The Morgan fingerprint density at radius 3 is 2.24 bits per heavy atom. The van der Waals surface area contributed by atoms with Crippen molar-refractivity contribution in [3.8, 4) is 11.5 Å². The Balaban J connectivity index is 2.21. The molecule has 2 rings (SSSR count). The van der Waals surface area contributed by atoms with Crippen molar-refractivity contribution >= 4 is 28.7 Å². The van der Waals surface area contributed by atoms with Crippen LogP contribution in [0.5, 0.6) is 11.5 Å². The zero-order chi connectivity index (χ0) is 18.6. The van der Waals surface area contributed by atoms with Crippen LogP contribution in [-0.2, 0) is 6.18 Å². The molecule has 2 aromatic rings. The summed E-state index contributed by atoms with van der Waals surface area (Å²) in [5.74, 6) is 0.0700. The quantitative estimate of drug-likeness (QED) is 0.601. The molecule has 25 heavy (non-hydrogen) atoms. The number of benzene rings is 2. The largest absolute Gasteiger partial charge is 0.497 e. The number of hydrogen-bond donors (Lipinski definition) is 2. The van der Waals surface area contributed by atoms with Crippen molar-refractivity contribution < 1.29 is 27.0 Å². The second-order valence-electron chi connectivity index (χ2n) is 4.84. The van der Waals surface area contributed by atoms with Crippen LogP contribution < -0.4 is 20.1 Å². The van der Waals surface area contributed by atoms with Crippen LogP contribution in [0.3, 0.4) is 0 Å². The van der Waals surface area contributed by atoms with Gasteiger partial charge in [-0.15, -0.1) is 0 Å². The van der Waals surface area contributed by atoms with Crippen LogP contribution >= 0.6 is 12.2 Å². The summed E-state index contributed by atoms with van der Waals surface area (Å²) in [6, 6.07) is 6.88. The summed E-state index contributed by atoms with van der Waals surface area (Å²) < 4.78 is 62.2. The molecule has 0 aliphatic carbocycles. The molecule has 0 spiro atoms. The van der Waals surface area contributed by atoms with Crippen LogP contribution in [0, 0.1) is 5.82 Å². The zero-order valence-electron chi connectivity index (χ0n) is 13.2. The van der Waals surface area contributed by atoms with Crippen LogP contribution in [0.2, 0.25) is 0 Å². The van der Waals surface area contributed by atoms with Gasteiger partial charge in [0.15, 0.2) is 5.11 Å². The van der Waals surface area contributed by atoms with Gasteiger partial charge >= 0.3 is 6.18 Å². The summed E-state index contributed by atoms with van der Waals surface area (Å²) in [6.07, 6.45) is -4.59. The minimum absolute atomic E-state index is 0.107. The normalized spacial score (nSPS) is 11.0. The van der Waals surface area contributed by atoms with Gasteiger partial charge in [-0.05, 0) is 42.5 Å². The van der Waals surface area contributed by atoms with Gasteiger partial charge in [-0.2, -0.15) is 13.2 Å². The highest BCUT2D eigenvalue weighted by Gasteiger charge is 2.31. The number of halogens is 4. The molecule has 0 amide bonds. The molecule has 9 heteroatoms. The van der Waals surface area contributed by atoms with Crippen LogP contribution in [0.4, 0.5) is 28.9 Å². The fourth-order valence-electron chi connectivity index (χ4n) is 1.99. The third-order valence-corrected chi connectivity index (χ3v) is 3.40. The van der Waals surface area contributed by atoms with E-state index in [1.54, 1.807) is 18.2 Å². The van der Waals surface area contributed by atoms with Gasteiger partial charge in [-0.1, -0.05) is 0 Å². The molecule has 2 aromatic carbocycles. The number of methoxy groups -OCH3 is 2. The van der Waals surface area contributed by atoms with Gasteiger partial charge in [0.1, 0.15) is 17.3 Å². The second-order valence-corrected chi connectivity index (χ2v) is 5.25. The van der Waals surface area contributed by atoms with E-state index >= 15 is 0 Å². The van der Waals surface area contributed by atoms with E-state index in [0.717, 1.165) is 6.07 Å². The Bertz CT molecular complexity index is 781. The van der Waals surface area contributed by atoms with Gasteiger partial charge in [0.05, 0.1) is 31.2 Å². The van der Waals surface area contributed by atoms with Crippen LogP contribution in [0.15, 0.2) is 36.4 Å². The summed E-state index contributed by atoms with van der Waals surface area (Å²) in [6.45, 7) is 0. The lowest BCUT2D eigenvalue weighted by Crippen LogP contribution is -2.20. The first-order valence-electron chi connectivity index (χ1n) is 6.91. The van der Waals surface area contributed by atoms with Crippen molar-refractivity contribution in [2.24, 2.45) is 0 Å². The minimum Gasteiger partial charge on any atom is -0.497 e. The lowest BCUT2D eigenvalue weighted by Gasteiger charge is -2.16. The standard InChI is InChI=1S/C16H14F4N2O2S/c1-23-10-4-6-14(24-2)13(8-10)22-15(25)21-12-7-9(16(18,19)20)3-5-11(12)17/h3-8H,1-2H3,(H2,21,22,25). The molecule has 0 saturated heterocycles. The van der Waals surface area contributed by atoms with E-state index < -0.39 is 23.2 Å². The van der Waals surface area contributed by atoms with E-state index in [1.807, 2.05) is 0 Å². The van der Waals surface area contributed by atoms with E-state index in [2.05, 4.69) is 10.6 Å². The number of thiocarbonyl (C=S) groups is 1. The van der Waals surface area contributed by atoms with E-state index in [-0.39, 0.29) is 5.11 Å². The average molecular weight is 374 g/mol. The van der Waals surface area contributed by atoms with Crippen molar-refractivity contribution in [1.29, 1.82) is 0 Å². The SMILES string of the molecule is COc1ccc(OC)c(NC(=S)Nc2cc(C(F)(F)F)ccc2F)c1. The maximum Gasteiger partial charge on any atom is 0.416 e. The molecule has 0 aliphatic heterocycles. The van der Waals surface area contributed by atoms with Gasteiger partial charge in [0, 0.05) is 6.07 Å². The molecule has 134 valence electrons. The Morgan fingerprint density at radius 2 is 1.64 bits per heavy atom. The number of hydrogen-bond acceptors (Lipinski definition) is 3. The summed E-state index contributed by atoms with van der Waals surface area (Å²) in [5, 5.41) is 5.04. The highest BCUT2D eigenvalue weighted by molar-refractivity contribution is 7.80. The number of alkyl halides is 3. The first-order chi connectivity index (χ1) is 11.7. The smallest absolute Gasteiger partial charge is 0.416 e. The summed E-state index contributed by atoms with van der Waals surface area (Å²) in [7, 11) is 2.91. The summed E-state index contributed by atoms with van der Waals surface area (Å²) in [4.78, 5) is 0. The fourth-order valence-corrected chi connectivity index (χ4v) is 2.20. The first kappa shape index (κ1) is 18.8. The second kappa shape index (κ2) is 7.56. The van der Waals surface area contributed by atoms with Gasteiger partial charge in [0.2, 0.25) is 0 Å². The molecule has 0 fully saturated rings. The lowest BCUT2D eigenvalue weighted by atomic mass is 10.2. The molecule has 0 aromatic heterocycles. The highest BCUT2D eigenvalue weighted by Crippen LogP contribution is 2.32. The zero-order valence-corrected chi connectivity index (χ0v) is 14.0. The van der Waals surface area contributed by atoms with Gasteiger partial charge in [0.25, 0.3) is 0 Å². The van der Waals surface area contributed by atoms with Crippen molar-refractivity contribution in [2.75, 3.05) is 24.9 Å². The molecule has 0 heterocycles. The maximum absolute atomic E-state index is 13.8. The monoisotopic (exact) mass is 374 g/mol.